The summed E-state index contributed by atoms with van der Waals surface area (Å²) in [6.45, 7) is 0. The maximum atomic E-state index is 10.5. The van der Waals surface area contributed by atoms with Gasteiger partial charge in [-0.25, -0.2) is 4.79 Å². The predicted octanol–water partition coefficient (Wildman–Crippen LogP) is 0.421. The Balaban J connectivity index is 3.39. The summed E-state index contributed by atoms with van der Waals surface area (Å²) in [6, 6.07) is 4.20. The standard InChI is InChI=1S/C8H7N3O2/c9-3-5-6(10)1-4(8(12)13)2-7(5)11/h1-2H,10-11H2,(H,12,13). The van der Waals surface area contributed by atoms with Crippen LogP contribution in [-0.4, -0.2) is 11.1 Å². The average Bonchev–Trinajstić information content (AvgIpc) is 2.03. The van der Waals surface area contributed by atoms with Gasteiger partial charge >= 0.3 is 5.97 Å². The number of nitriles is 1. The van der Waals surface area contributed by atoms with Gasteiger partial charge in [-0.1, -0.05) is 0 Å². The Morgan fingerprint density at radius 3 is 2.15 bits per heavy atom. The van der Waals surface area contributed by atoms with E-state index in [0.29, 0.717) is 0 Å². The number of benzene rings is 1. The first-order chi connectivity index (χ1) is 6.06. The van der Waals surface area contributed by atoms with Crippen molar-refractivity contribution in [2.24, 2.45) is 0 Å². The van der Waals surface area contributed by atoms with Crippen LogP contribution in [0.3, 0.4) is 0 Å². The van der Waals surface area contributed by atoms with Gasteiger partial charge in [0.2, 0.25) is 0 Å². The van der Waals surface area contributed by atoms with Crippen LogP contribution in [0.5, 0.6) is 0 Å². The summed E-state index contributed by atoms with van der Waals surface area (Å²) in [4.78, 5) is 10.5. The minimum absolute atomic E-state index is 0.0194. The van der Waals surface area contributed by atoms with E-state index in [2.05, 4.69) is 0 Å². The van der Waals surface area contributed by atoms with Gasteiger partial charge in [-0.2, -0.15) is 5.26 Å². The molecule has 66 valence electrons. The summed E-state index contributed by atoms with van der Waals surface area (Å²) >= 11 is 0. The molecular formula is C8H7N3O2. The minimum atomic E-state index is -1.12. The molecule has 0 aliphatic rings. The lowest BCUT2D eigenvalue weighted by Crippen LogP contribution is -2.03. The fourth-order valence-electron chi connectivity index (χ4n) is 0.940. The third kappa shape index (κ3) is 1.51. The Morgan fingerprint density at radius 1 is 1.38 bits per heavy atom. The van der Waals surface area contributed by atoms with Crippen molar-refractivity contribution in [3.05, 3.63) is 23.3 Å². The first-order valence-electron chi connectivity index (χ1n) is 3.38. The van der Waals surface area contributed by atoms with Gasteiger partial charge in [-0.05, 0) is 12.1 Å². The first-order valence-corrected chi connectivity index (χ1v) is 3.38. The highest BCUT2D eigenvalue weighted by molar-refractivity contribution is 5.91. The number of anilines is 2. The summed E-state index contributed by atoms with van der Waals surface area (Å²) in [5.41, 5.74) is 11.1. The number of nitrogens with two attached hydrogens (primary N) is 2. The Morgan fingerprint density at radius 2 is 1.85 bits per heavy atom. The van der Waals surface area contributed by atoms with Crippen LogP contribution in [0.15, 0.2) is 12.1 Å². The van der Waals surface area contributed by atoms with Crippen LogP contribution in [0.4, 0.5) is 11.4 Å². The van der Waals surface area contributed by atoms with Crippen LogP contribution in [-0.2, 0) is 0 Å². The molecule has 0 unspecified atom stereocenters. The molecule has 0 spiro atoms. The lowest BCUT2D eigenvalue weighted by Gasteiger charge is -2.03. The van der Waals surface area contributed by atoms with Gasteiger partial charge in [0, 0.05) is 0 Å². The van der Waals surface area contributed by atoms with Crippen molar-refractivity contribution in [2.45, 2.75) is 0 Å². The van der Waals surface area contributed by atoms with Crippen molar-refractivity contribution in [1.82, 2.24) is 0 Å². The third-order valence-electron chi connectivity index (χ3n) is 1.56. The molecule has 0 amide bonds. The fraction of sp³-hybridized carbons (Fsp3) is 0. The van der Waals surface area contributed by atoms with E-state index in [-0.39, 0.29) is 22.5 Å². The molecule has 0 radical (unpaired) electrons. The Labute approximate surface area is 74.2 Å². The number of hydrogen-bond donors (Lipinski definition) is 3. The lowest BCUT2D eigenvalue weighted by molar-refractivity contribution is 0.0697. The van der Waals surface area contributed by atoms with Gasteiger partial charge in [-0.3, -0.25) is 0 Å². The molecule has 13 heavy (non-hydrogen) atoms. The molecule has 1 aromatic rings. The normalized spacial score (nSPS) is 9.15. The van der Waals surface area contributed by atoms with E-state index in [4.69, 9.17) is 21.8 Å². The summed E-state index contributed by atoms with van der Waals surface area (Å²) in [6.07, 6.45) is 0. The van der Waals surface area contributed by atoms with E-state index in [9.17, 15) is 4.79 Å². The predicted molar refractivity (Wildman–Crippen MR) is 46.9 cm³/mol. The van der Waals surface area contributed by atoms with E-state index in [1.54, 1.807) is 6.07 Å². The maximum Gasteiger partial charge on any atom is 0.335 e. The minimum Gasteiger partial charge on any atom is -0.478 e. The molecule has 5 heteroatoms. The highest BCUT2D eigenvalue weighted by atomic mass is 16.4. The van der Waals surface area contributed by atoms with E-state index in [1.165, 1.54) is 12.1 Å². The molecule has 5 nitrogen and oxygen atoms in total. The van der Waals surface area contributed by atoms with Gasteiger partial charge in [0.25, 0.3) is 0 Å². The number of nitrogen functional groups attached to an aromatic ring is 2. The van der Waals surface area contributed by atoms with Crippen molar-refractivity contribution < 1.29 is 9.90 Å². The van der Waals surface area contributed by atoms with Crippen LogP contribution in [0.2, 0.25) is 0 Å². The van der Waals surface area contributed by atoms with Crippen molar-refractivity contribution >= 4 is 17.3 Å². The molecule has 0 aliphatic heterocycles. The Bertz CT molecular complexity index is 383. The molecule has 0 aliphatic carbocycles. The molecule has 5 N–H and O–H groups in total. The summed E-state index contributed by atoms with van der Waals surface area (Å²) < 4.78 is 0. The van der Waals surface area contributed by atoms with Gasteiger partial charge in [0.05, 0.1) is 22.5 Å². The van der Waals surface area contributed by atoms with Crippen LogP contribution >= 0.6 is 0 Å². The Hall–Kier alpha value is -2.22. The topological polar surface area (TPSA) is 113 Å². The van der Waals surface area contributed by atoms with Crippen molar-refractivity contribution in [3.63, 3.8) is 0 Å². The highest BCUT2D eigenvalue weighted by Crippen LogP contribution is 2.20. The second-order valence-electron chi connectivity index (χ2n) is 2.45. The van der Waals surface area contributed by atoms with Crippen molar-refractivity contribution in [3.8, 4) is 6.07 Å². The van der Waals surface area contributed by atoms with Crippen molar-refractivity contribution in [2.75, 3.05) is 11.5 Å². The van der Waals surface area contributed by atoms with Gasteiger partial charge in [0.15, 0.2) is 0 Å². The molecule has 0 aromatic heterocycles. The van der Waals surface area contributed by atoms with Crippen LogP contribution in [0.25, 0.3) is 0 Å². The SMILES string of the molecule is N#Cc1c(N)cc(C(=O)O)cc1N. The molecule has 0 saturated heterocycles. The number of aromatic carboxylic acids is 1. The van der Waals surface area contributed by atoms with Crippen molar-refractivity contribution in [1.29, 1.82) is 5.26 Å². The number of nitrogens with zero attached hydrogens (tertiary/aromatic N) is 1. The van der Waals surface area contributed by atoms with E-state index in [0.717, 1.165) is 0 Å². The van der Waals surface area contributed by atoms with Gasteiger partial charge in [0.1, 0.15) is 6.07 Å². The van der Waals surface area contributed by atoms with Gasteiger partial charge < -0.3 is 16.6 Å². The van der Waals surface area contributed by atoms with Crippen LogP contribution in [0, 0.1) is 11.3 Å². The average molecular weight is 177 g/mol. The zero-order chi connectivity index (χ0) is 10.0. The number of carbonyl (C=O) groups is 1. The van der Waals surface area contributed by atoms with E-state index < -0.39 is 5.97 Å². The maximum absolute atomic E-state index is 10.5. The second kappa shape index (κ2) is 3.03. The van der Waals surface area contributed by atoms with E-state index >= 15 is 0 Å². The summed E-state index contributed by atoms with van der Waals surface area (Å²) in [5, 5.41) is 17.2. The Kier molecular flexibility index (Phi) is 2.07. The quantitative estimate of drug-likeness (QED) is 0.538. The molecule has 0 atom stereocenters. The number of carboxylic acid groups (broad SMARTS) is 1. The smallest absolute Gasteiger partial charge is 0.335 e. The third-order valence-corrected chi connectivity index (χ3v) is 1.56. The van der Waals surface area contributed by atoms with Crippen LogP contribution < -0.4 is 11.5 Å². The number of hydrogen-bond acceptors (Lipinski definition) is 4. The van der Waals surface area contributed by atoms with Gasteiger partial charge in [-0.15, -0.1) is 0 Å². The monoisotopic (exact) mass is 177 g/mol. The molecule has 0 saturated carbocycles. The zero-order valence-corrected chi connectivity index (χ0v) is 6.61. The molecule has 0 heterocycles. The number of carboxylic acids is 1. The molecular weight excluding hydrogens is 170 g/mol. The molecule has 0 bridgehead atoms. The largest absolute Gasteiger partial charge is 0.478 e. The lowest BCUT2D eigenvalue weighted by atomic mass is 10.1. The summed E-state index contributed by atoms with van der Waals surface area (Å²) in [7, 11) is 0. The molecule has 1 rings (SSSR count). The van der Waals surface area contributed by atoms with Crippen LogP contribution in [0.1, 0.15) is 15.9 Å². The fourth-order valence-corrected chi connectivity index (χ4v) is 0.940. The van der Waals surface area contributed by atoms with E-state index in [1.807, 2.05) is 0 Å². The second-order valence-corrected chi connectivity index (χ2v) is 2.45. The first kappa shape index (κ1) is 8.87. The molecule has 1 aromatic carbocycles. The summed E-state index contributed by atoms with van der Waals surface area (Å²) in [5.74, 6) is -1.12. The molecule has 0 fully saturated rings. The highest BCUT2D eigenvalue weighted by Gasteiger charge is 2.09. The zero-order valence-electron chi connectivity index (χ0n) is 6.61. The number of rotatable bonds is 1.